The SMILES string of the molecule is CCN(CC)C1CCN(CC(NC2CC2)C(=O)O)C1. The van der Waals surface area contributed by atoms with Gasteiger partial charge in [0.05, 0.1) is 0 Å². The van der Waals surface area contributed by atoms with Crippen molar-refractivity contribution in [2.24, 2.45) is 0 Å². The summed E-state index contributed by atoms with van der Waals surface area (Å²) in [6.45, 7) is 9.23. The van der Waals surface area contributed by atoms with Crippen molar-refractivity contribution in [3.05, 3.63) is 0 Å². The molecule has 0 aromatic carbocycles. The van der Waals surface area contributed by atoms with E-state index in [4.69, 9.17) is 0 Å². The minimum Gasteiger partial charge on any atom is -0.480 e. The third kappa shape index (κ3) is 4.16. The van der Waals surface area contributed by atoms with Crippen LogP contribution < -0.4 is 5.32 Å². The van der Waals surface area contributed by atoms with Crippen LogP contribution in [0.2, 0.25) is 0 Å². The Kier molecular flexibility index (Phi) is 5.19. The molecule has 2 N–H and O–H groups in total. The fourth-order valence-electron chi connectivity index (χ4n) is 3.01. The van der Waals surface area contributed by atoms with Crippen LogP contribution in [0.15, 0.2) is 0 Å². The first-order valence-electron chi connectivity index (χ1n) is 7.59. The topological polar surface area (TPSA) is 55.8 Å². The van der Waals surface area contributed by atoms with Crippen LogP contribution in [0.5, 0.6) is 0 Å². The summed E-state index contributed by atoms with van der Waals surface area (Å²) < 4.78 is 0. The first-order valence-corrected chi connectivity index (χ1v) is 7.59. The number of hydrogen-bond acceptors (Lipinski definition) is 4. The van der Waals surface area contributed by atoms with Crippen LogP contribution in [0.1, 0.15) is 33.1 Å². The number of carboxylic acid groups (broad SMARTS) is 1. The first-order chi connectivity index (χ1) is 9.13. The van der Waals surface area contributed by atoms with Crippen LogP contribution >= 0.6 is 0 Å². The van der Waals surface area contributed by atoms with Gasteiger partial charge in [-0.3, -0.25) is 14.6 Å². The van der Waals surface area contributed by atoms with Gasteiger partial charge in [-0.05, 0) is 38.9 Å². The molecule has 0 amide bonds. The van der Waals surface area contributed by atoms with Gasteiger partial charge in [0.25, 0.3) is 0 Å². The van der Waals surface area contributed by atoms with Crippen molar-refractivity contribution in [3.8, 4) is 0 Å². The molecule has 0 aromatic rings. The maximum absolute atomic E-state index is 11.3. The maximum Gasteiger partial charge on any atom is 0.322 e. The molecule has 5 heteroatoms. The predicted octanol–water partition coefficient (Wildman–Crippen LogP) is 0.608. The number of carboxylic acids is 1. The van der Waals surface area contributed by atoms with Crippen molar-refractivity contribution in [3.63, 3.8) is 0 Å². The van der Waals surface area contributed by atoms with E-state index in [0.717, 1.165) is 45.4 Å². The predicted molar refractivity (Wildman–Crippen MR) is 75.3 cm³/mol. The van der Waals surface area contributed by atoms with Crippen molar-refractivity contribution in [1.29, 1.82) is 0 Å². The van der Waals surface area contributed by atoms with Gasteiger partial charge < -0.3 is 10.4 Å². The Balaban J connectivity index is 1.80. The van der Waals surface area contributed by atoms with E-state index in [1.165, 1.54) is 0 Å². The zero-order valence-electron chi connectivity index (χ0n) is 12.1. The van der Waals surface area contributed by atoms with Crippen molar-refractivity contribution in [2.45, 2.75) is 51.2 Å². The molecule has 2 fully saturated rings. The molecule has 0 spiro atoms. The number of nitrogens with zero attached hydrogens (tertiary/aromatic N) is 2. The summed E-state index contributed by atoms with van der Waals surface area (Å²) >= 11 is 0. The van der Waals surface area contributed by atoms with E-state index in [9.17, 15) is 9.90 Å². The van der Waals surface area contributed by atoms with Gasteiger partial charge in [0.1, 0.15) is 6.04 Å². The van der Waals surface area contributed by atoms with Gasteiger partial charge in [-0.1, -0.05) is 13.8 Å². The average Bonchev–Trinajstić information content (AvgIpc) is 3.08. The minimum absolute atomic E-state index is 0.400. The van der Waals surface area contributed by atoms with E-state index in [1.807, 2.05) is 0 Å². The molecule has 1 aliphatic heterocycles. The number of nitrogens with one attached hydrogen (secondary N) is 1. The number of hydrogen-bond donors (Lipinski definition) is 2. The average molecular weight is 269 g/mol. The van der Waals surface area contributed by atoms with E-state index in [-0.39, 0.29) is 0 Å². The number of aliphatic carboxylic acids is 1. The molecule has 1 aliphatic carbocycles. The van der Waals surface area contributed by atoms with E-state index in [0.29, 0.717) is 18.6 Å². The van der Waals surface area contributed by atoms with Gasteiger partial charge in [0.15, 0.2) is 0 Å². The molecule has 0 radical (unpaired) electrons. The highest BCUT2D eigenvalue weighted by Gasteiger charge is 2.32. The lowest BCUT2D eigenvalue weighted by Gasteiger charge is -2.27. The smallest absolute Gasteiger partial charge is 0.322 e. The molecule has 2 atom stereocenters. The quantitative estimate of drug-likeness (QED) is 0.676. The fraction of sp³-hybridized carbons (Fsp3) is 0.929. The summed E-state index contributed by atoms with van der Waals surface area (Å²) in [7, 11) is 0. The first kappa shape index (κ1) is 14.8. The van der Waals surface area contributed by atoms with E-state index in [1.54, 1.807) is 0 Å². The molecule has 2 aliphatic rings. The largest absolute Gasteiger partial charge is 0.480 e. The molecule has 1 saturated carbocycles. The Morgan fingerprint density at radius 1 is 1.37 bits per heavy atom. The van der Waals surface area contributed by atoms with Crippen LogP contribution in [0.4, 0.5) is 0 Å². The molecule has 2 rings (SSSR count). The van der Waals surface area contributed by atoms with Crippen LogP contribution in [-0.2, 0) is 4.79 Å². The van der Waals surface area contributed by atoms with Gasteiger partial charge in [-0.25, -0.2) is 0 Å². The summed E-state index contributed by atoms with van der Waals surface area (Å²) in [5.74, 6) is -0.710. The van der Waals surface area contributed by atoms with E-state index in [2.05, 4.69) is 29.0 Å². The summed E-state index contributed by atoms with van der Waals surface area (Å²) in [6.07, 6.45) is 3.43. The Labute approximate surface area is 115 Å². The summed E-state index contributed by atoms with van der Waals surface area (Å²) in [5, 5.41) is 12.5. The van der Waals surface area contributed by atoms with Gasteiger partial charge in [-0.15, -0.1) is 0 Å². The molecule has 0 aromatic heterocycles. The highest BCUT2D eigenvalue weighted by atomic mass is 16.4. The van der Waals surface area contributed by atoms with Gasteiger partial charge in [0.2, 0.25) is 0 Å². The summed E-state index contributed by atoms with van der Waals surface area (Å²) in [4.78, 5) is 16.1. The molecular formula is C14H27N3O2. The maximum atomic E-state index is 11.3. The van der Waals surface area contributed by atoms with Gasteiger partial charge in [0, 0.05) is 25.2 Å². The molecule has 1 saturated heterocycles. The lowest BCUT2D eigenvalue weighted by atomic mass is 10.2. The van der Waals surface area contributed by atoms with Crippen LogP contribution in [0, 0.1) is 0 Å². The fourth-order valence-corrected chi connectivity index (χ4v) is 3.01. The minimum atomic E-state index is -0.710. The summed E-state index contributed by atoms with van der Waals surface area (Å²) in [5.41, 5.74) is 0. The second kappa shape index (κ2) is 6.68. The third-order valence-corrected chi connectivity index (χ3v) is 4.33. The number of likely N-dealkylation sites (N-methyl/N-ethyl adjacent to an activating group) is 1. The van der Waals surface area contributed by atoms with Crippen molar-refractivity contribution < 1.29 is 9.90 Å². The summed E-state index contributed by atoms with van der Waals surface area (Å²) in [6, 6.07) is 0.649. The Morgan fingerprint density at radius 2 is 2.05 bits per heavy atom. The lowest BCUT2D eigenvalue weighted by molar-refractivity contribution is -0.140. The van der Waals surface area contributed by atoms with Crippen molar-refractivity contribution in [2.75, 3.05) is 32.7 Å². The van der Waals surface area contributed by atoms with Crippen LogP contribution in [-0.4, -0.2) is 71.7 Å². The Morgan fingerprint density at radius 3 is 2.58 bits per heavy atom. The third-order valence-electron chi connectivity index (χ3n) is 4.33. The lowest BCUT2D eigenvalue weighted by Crippen LogP contribution is -2.47. The highest BCUT2D eigenvalue weighted by Crippen LogP contribution is 2.20. The van der Waals surface area contributed by atoms with Crippen molar-refractivity contribution >= 4 is 5.97 Å². The number of rotatable bonds is 8. The van der Waals surface area contributed by atoms with Crippen LogP contribution in [0.3, 0.4) is 0 Å². The number of likely N-dealkylation sites (tertiary alicyclic amines) is 1. The molecule has 2 unspecified atom stereocenters. The van der Waals surface area contributed by atoms with E-state index >= 15 is 0 Å². The van der Waals surface area contributed by atoms with Gasteiger partial charge >= 0.3 is 5.97 Å². The Bertz CT molecular complexity index is 303. The molecular weight excluding hydrogens is 242 g/mol. The molecule has 5 nitrogen and oxygen atoms in total. The molecule has 110 valence electrons. The monoisotopic (exact) mass is 269 g/mol. The molecule has 19 heavy (non-hydrogen) atoms. The van der Waals surface area contributed by atoms with E-state index < -0.39 is 12.0 Å². The molecule has 1 heterocycles. The van der Waals surface area contributed by atoms with Gasteiger partial charge in [-0.2, -0.15) is 0 Å². The standard InChI is InChI=1S/C14H27N3O2/c1-3-17(4-2)12-7-8-16(9-12)10-13(14(18)19)15-11-5-6-11/h11-13,15H,3-10H2,1-2H3,(H,18,19). The van der Waals surface area contributed by atoms with Crippen LogP contribution in [0.25, 0.3) is 0 Å². The zero-order valence-corrected chi connectivity index (χ0v) is 12.1. The Hall–Kier alpha value is -0.650. The van der Waals surface area contributed by atoms with Crippen molar-refractivity contribution in [1.82, 2.24) is 15.1 Å². The number of carbonyl (C=O) groups is 1. The molecule has 0 bridgehead atoms. The zero-order chi connectivity index (χ0) is 13.8. The second-order valence-electron chi connectivity index (χ2n) is 5.76. The highest BCUT2D eigenvalue weighted by molar-refractivity contribution is 5.73. The second-order valence-corrected chi connectivity index (χ2v) is 5.76. The normalized spacial score (nSPS) is 25.9.